The lowest BCUT2D eigenvalue weighted by molar-refractivity contribution is -0.140. The number of carbonyl (C=O) groups is 1. The zero-order valence-corrected chi connectivity index (χ0v) is 12.1. The van der Waals surface area contributed by atoms with Crippen LogP contribution < -0.4 is 5.32 Å². The lowest BCUT2D eigenvalue weighted by atomic mass is 10.00. The summed E-state index contributed by atoms with van der Waals surface area (Å²) in [5.74, 6) is 0.0753. The Morgan fingerprint density at radius 3 is 2.76 bits per heavy atom. The molecular weight excluding hydrogens is 282 g/mol. The van der Waals surface area contributed by atoms with E-state index in [1.807, 2.05) is 6.92 Å². The van der Waals surface area contributed by atoms with E-state index in [4.69, 9.17) is 4.74 Å². The molecule has 1 amide bonds. The van der Waals surface area contributed by atoms with E-state index in [0.717, 1.165) is 25.7 Å². The van der Waals surface area contributed by atoms with Crippen molar-refractivity contribution < 1.29 is 9.53 Å². The average molecular weight is 304 g/mol. The molecule has 0 aromatic heterocycles. The molecule has 1 saturated carbocycles. The largest absolute Gasteiger partial charge is 0.365 e. The van der Waals surface area contributed by atoms with Gasteiger partial charge in [-0.15, -0.1) is 0 Å². The zero-order chi connectivity index (χ0) is 12.3. The van der Waals surface area contributed by atoms with Gasteiger partial charge < -0.3 is 10.1 Å². The van der Waals surface area contributed by atoms with Crippen molar-refractivity contribution in [3.8, 4) is 0 Å². The highest BCUT2D eigenvalue weighted by Gasteiger charge is 2.39. The molecule has 4 heteroatoms. The van der Waals surface area contributed by atoms with Crippen molar-refractivity contribution in [2.24, 2.45) is 0 Å². The van der Waals surface area contributed by atoms with Crippen LogP contribution in [0.1, 0.15) is 51.9 Å². The Labute approximate surface area is 112 Å². The first-order chi connectivity index (χ1) is 8.12. The predicted octanol–water partition coefficient (Wildman–Crippen LogP) is 2.77. The summed E-state index contributed by atoms with van der Waals surface area (Å²) in [5.41, 5.74) is -0.584. The minimum atomic E-state index is -0.584. The number of ether oxygens (including phenoxy) is 1. The van der Waals surface area contributed by atoms with Crippen molar-refractivity contribution in [1.82, 2.24) is 5.32 Å². The van der Waals surface area contributed by atoms with Gasteiger partial charge in [-0.05, 0) is 32.6 Å². The Hall–Kier alpha value is -0.0900. The number of amides is 1. The van der Waals surface area contributed by atoms with E-state index in [9.17, 15) is 4.79 Å². The molecule has 0 bridgehead atoms. The van der Waals surface area contributed by atoms with Gasteiger partial charge in [-0.2, -0.15) is 0 Å². The van der Waals surface area contributed by atoms with Gasteiger partial charge in [-0.3, -0.25) is 4.79 Å². The summed E-state index contributed by atoms with van der Waals surface area (Å²) in [7, 11) is 0. The number of rotatable bonds is 2. The Morgan fingerprint density at radius 1 is 1.29 bits per heavy atom. The first-order valence-electron chi connectivity index (χ1n) is 6.71. The van der Waals surface area contributed by atoms with Gasteiger partial charge in [-0.25, -0.2) is 0 Å². The molecular formula is C13H22BrNO2. The van der Waals surface area contributed by atoms with Crippen LogP contribution in [-0.2, 0) is 9.53 Å². The predicted molar refractivity (Wildman–Crippen MR) is 71.3 cm³/mol. The zero-order valence-electron chi connectivity index (χ0n) is 10.5. The Kier molecular flexibility index (Phi) is 4.47. The third-order valence-corrected chi connectivity index (χ3v) is 5.04. The summed E-state index contributed by atoms with van der Waals surface area (Å²) in [4.78, 5) is 12.7. The second-order valence-corrected chi connectivity index (χ2v) is 6.59. The third kappa shape index (κ3) is 3.22. The molecule has 98 valence electrons. The fraction of sp³-hybridized carbons (Fsp3) is 0.923. The molecule has 0 aromatic carbocycles. The molecule has 0 spiro atoms. The maximum Gasteiger partial charge on any atom is 0.252 e. The van der Waals surface area contributed by atoms with Crippen LogP contribution in [0.4, 0.5) is 0 Å². The van der Waals surface area contributed by atoms with Gasteiger partial charge in [0, 0.05) is 17.5 Å². The van der Waals surface area contributed by atoms with Crippen molar-refractivity contribution in [3.63, 3.8) is 0 Å². The summed E-state index contributed by atoms with van der Waals surface area (Å²) in [6, 6.07) is 0.269. The van der Waals surface area contributed by atoms with Crippen molar-refractivity contribution >= 4 is 21.8 Å². The van der Waals surface area contributed by atoms with Crippen LogP contribution in [0.5, 0.6) is 0 Å². The number of hydrogen-bond acceptors (Lipinski definition) is 2. The minimum absolute atomic E-state index is 0.0753. The van der Waals surface area contributed by atoms with Crippen LogP contribution >= 0.6 is 15.9 Å². The van der Waals surface area contributed by atoms with Crippen LogP contribution in [-0.4, -0.2) is 29.0 Å². The van der Waals surface area contributed by atoms with E-state index in [1.54, 1.807) is 0 Å². The maximum absolute atomic E-state index is 12.2. The highest BCUT2D eigenvalue weighted by Crippen LogP contribution is 2.28. The second-order valence-electron chi connectivity index (χ2n) is 5.42. The number of hydrogen-bond donors (Lipinski definition) is 1. The van der Waals surface area contributed by atoms with Crippen molar-refractivity contribution in [2.75, 3.05) is 6.61 Å². The standard InChI is InChI=1S/C13H22BrNO2/c1-13(8-5-9-17-13)12(16)15-11-7-4-2-3-6-10(11)14/h10-11H,2-9H2,1H3,(H,15,16). The fourth-order valence-electron chi connectivity index (χ4n) is 2.70. The molecule has 0 aromatic rings. The van der Waals surface area contributed by atoms with Gasteiger partial charge in [0.2, 0.25) is 0 Å². The molecule has 2 fully saturated rings. The van der Waals surface area contributed by atoms with Crippen LogP contribution in [0.2, 0.25) is 0 Å². The number of alkyl halides is 1. The molecule has 17 heavy (non-hydrogen) atoms. The quantitative estimate of drug-likeness (QED) is 0.629. The van der Waals surface area contributed by atoms with Gasteiger partial charge in [-0.1, -0.05) is 35.2 Å². The second kappa shape index (κ2) is 5.70. The summed E-state index contributed by atoms with van der Waals surface area (Å²) >= 11 is 3.70. The van der Waals surface area contributed by atoms with E-state index in [1.165, 1.54) is 19.3 Å². The van der Waals surface area contributed by atoms with E-state index in [0.29, 0.717) is 11.4 Å². The van der Waals surface area contributed by atoms with Gasteiger partial charge in [0.25, 0.3) is 5.91 Å². The van der Waals surface area contributed by atoms with Crippen LogP contribution in [0.15, 0.2) is 0 Å². The lowest BCUT2D eigenvalue weighted by Crippen LogP contribution is -2.50. The highest BCUT2D eigenvalue weighted by atomic mass is 79.9. The van der Waals surface area contributed by atoms with Gasteiger partial charge in [0.1, 0.15) is 5.60 Å². The molecule has 3 nitrogen and oxygen atoms in total. The Morgan fingerprint density at radius 2 is 2.06 bits per heavy atom. The molecule has 1 aliphatic carbocycles. The molecule has 3 unspecified atom stereocenters. The number of nitrogens with one attached hydrogen (secondary N) is 1. The molecule has 1 N–H and O–H groups in total. The molecule has 1 saturated heterocycles. The summed E-state index contributed by atoms with van der Waals surface area (Å²) < 4.78 is 5.58. The van der Waals surface area contributed by atoms with Gasteiger partial charge >= 0.3 is 0 Å². The van der Waals surface area contributed by atoms with Gasteiger partial charge in [0.05, 0.1) is 0 Å². The van der Waals surface area contributed by atoms with E-state index >= 15 is 0 Å². The topological polar surface area (TPSA) is 38.3 Å². The third-order valence-electron chi connectivity index (χ3n) is 3.95. The number of carbonyl (C=O) groups excluding carboxylic acids is 1. The summed E-state index contributed by atoms with van der Waals surface area (Å²) in [5, 5.41) is 3.18. The smallest absolute Gasteiger partial charge is 0.252 e. The van der Waals surface area contributed by atoms with E-state index in [-0.39, 0.29) is 11.9 Å². The maximum atomic E-state index is 12.2. The molecule has 2 rings (SSSR count). The Bertz CT molecular complexity index is 277. The first-order valence-corrected chi connectivity index (χ1v) is 7.62. The van der Waals surface area contributed by atoms with Crippen LogP contribution in [0.3, 0.4) is 0 Å². The SMILES string of the molecule is CC1(C(=O)NC2CCCCCC2Br)CCCO1. The normalized spacial score (nSPS) is 38.7. The van der Waals surface area contributed by atoms with Crippen LogP contribution in [0, 0.1) is 0 Å². The van der Waals surface area contributed by atoms with Gasteiger partial charge in [0.15, 0.2) is 0 Å². The number of halogens is 1. The highest BCUT2D eigenvalue weighted by molar-refractivity contribution is 9.09. The Balaban J connectivity index is 1.92. The molecule has 2 aliphatic rings. The minimum Gasteiger partial charge on any atom is -0.365 e. The van der Waals surface area contributed by atoms with Crippen molar-refractivity contribution in [2.45, 2.75) is 68.3 Å². The molecule has 3 atom stereocenters. The summed E-state index contributed by atoms with van der Waals surface area (Å²) in [6.45, 7) is 2.63. The summed E-state index contributed by atoms with van der Waals surface area (Å²) in [6.07, 6.45) is 7.83. The monoisotopic (exact) mass is 303 g/mol. The first kappa shape index (κ1) is 13.3. The van der Waals surface area contributed by atoms with Crippen molar-refractivity contribution in [1.29, 1.82) is 0 Å². The fourth-order valence-corrected chi connectivity index (χ4v) is 3.42. The lowest BCUT2D eigenvalue weighted by Gasteiger charge is -2.28. The van der Waals surface area contributed by atoms with Crippen molar-refractivity contribution in [3.05, 3.63) is 0 Å². The van der Waals surface area contributed by atoms with Crippen LogP contribution in [0.25, 0.3) is 0 Å². The van der Waals surface area contributed by atoms with E-state index < -0.39 is 5.60 Å². The average Bonchev–Trinajstić information content (AvgIpc) is 2.65. The molecule has 1 aliphatic heterocycles. The molecule has 1 heterocycles. The molecule has 0 radical (unpaired) electrons. The van der Waals surface area contributed by atoms with E-state index in [2.05, 4.69) is 21.2 Å².